The molecule has 0 radical (unpaired) electrons. The van der Waals surface area contributed by atoms with E-state index in [2.05, 4.69) is 15.9 Å². The SMILES string of the molecule is C[C@H](O)c1cc([N+](=O)[O-])c(Oc2ccc(Br)cc2Cl)s1. The highest BCUT2D eigenvalue weighted by atomic mass is 79.9. The number of benzene rings is 1. The fourth-order valence-electron chi connectivity index (χ4n) is 1.45. The molecule has 0 saturated heterocycles. The number of nitrogens with zero attached hydrogens (tertiary/aromatic N) is 1. The van der Waals surface area contributed by atoms with Gasteiger partial charge in [-0.05, 0) is 25.1 Å². The molecule has 5 nitrogen and oxygen atoms in total. The Morgan fingerprint density at radius 2 is 2.20 bits per heavy atom. The van der Waals surface area contributed by atoms with Crippen molar-refractivity contribution in [2.24, 2.45) is 0 Å². The van der Waals surface area contributed by atoms with Gasteiger partial charge in [-0.2, -0.15) is 0 Å². The molecule has 2 aromatic rings. The summed E-state index contributed by atoms with van der Waals surface area (Å²) in [5.74, 6) is 0.317. The van der Waals surface area contributed by atoms with E-state index in [9.17, 15) is 15.2 Å². The van der Waals surface area contributed by atoms with Gasteiger partial charge < -0.3 is 9.84 Å². The molecule has 106 valence electrons. The highest BCUT2D eigenvalue weighted by molar-refractivity contribution is 9.10. The smallest absolute Gasteiger partial charge is 0.323 e. The van der Waals surface area contributed by atoms with Gasteiger partial charge in [-0.1, -0.05) is 38.9 Å². The summed E-state index contributed by atoms with van der Waals surface area (Å²) in [6, 6.07) is 6.26. The highest BCUT2D eigenvalue weighted by Crippen LogP contribution is 2.43. The van der Waals surface area contributed by atoms with E-state index < -0.39 is 11.0 Å². The van der Waals surface area contributed by atoms with Crippen molar-refractivity contribution in [3.05, 3.63) is 48.8 Å². The van der Waals surface area contributed by atoms with E-state index in [-0.39, 0.29) is 10.8 Å². The third kappa shape index (κ3) is 3.29. The lowest BCUT2D eigenvalue weighted by Crippen LogP contribution is -1.90. The second-order valence-electron chi connectivity index (χ2n) is 3.93. The van der Waals surface area contributed by atoms with Gasteiger partial charge in [0.2, 0.25) is 0 Å². The maximum Gasteiger partial charge on any atom is 0.323 e. The second-order valence-corrected chi connectivity index (χ2v) is 6.30. The monoisotopic (exact) mass is 377 g/mol. The molecule has 8 heteroatoms. The van der Waals surface area contributed by atoms with Crippen molar-refractivity contribution in [1.82, 2.24) is 0 Å². The quantitative estimate of drug-likeness (QED) is 0.605. The van der Waals surface area contributed by atoms with E-state index in [4.69, 9.17) is 16.3 Å². The molecular formula is C12H9BrClNO4S. The van der Waals surface area contributed by atoms with E-state index in [1.807, 2.05) is 0 Å². The van der Waals surface area contributed by atoms with Crippen LogP contribution >= 0.6 is 38.9 Å². The summed E-state index contributed by atoms with van der Waals surface area (Å²) in [5.41, 5.74) is -0.190. The van der Waals surface area contributed by atoms with Gasteiger partial charge in [0.15, 0.2) is 0 Å². The summed E-state index contributed by atoms with van der Waals surface area (Å²) >= 11 is 10.3. The lowest BCUT2D eigenvalue weighted by Gasteiger charge is -2.05. The van der Waals surface area contributed by atoms with Crippen molar-refractivity contribution < 1.29 is 14.8 Å². The minimum atomic E-state index is -0.795. The van der Waals surface area contributed by atoms with E-state index >= 15 is 0 Å². The maximum atomic E-state index is 11.0. The molecule has 0 amide bonds. The Balaban J connectivity index is 2.39. The summed E-state index contributed by atoms with van der Waals surface area (Å²) in [6.07, 6.45) is -0.795. The second kappa shape index (κ2) is 6.09. The zero-order valence-electron chi connectivity index (χ0n) is 10.2. The van der Waals surface area contributed by atoms with Crippen LogP contribution in [0.1, 0.15) is 17.9 Å². The molecule has 1 atom stereocenters. The van der Waals surface area contributed by atoms with Crippen LogP contribution in [-0.2, 0) is 0 Å². The van der Waals surface area contributed by atoms with Crippen LogP contribution in [0.2, 0.25) is 5.02 Å². The predicted octanol–water partition coefficient (Wildman–Crippen LogP) is 4.92. The molecule has 1 heterocycles. The fourth-order valence-corrected chi connectivity index (χ4v) is 3.08. The molecule has 0 aliphatic carbocycles. The standard InChI is InChI=1S/C12H9BrClNO4S/c1-6(16)11-5-9(15(17)18)12(20-11)19-10-3-2-7(13)4-8(10)14/h2-6,16H,1H3/t6-/m0/s1. The van der Waals surface area contributed by atoms with Gasteiger partial charge in [-0.25, -0.2) is 0 Å². The Bertz CT molecular complexity index is 659. The van der Waals surface area contributed by atoms with Crippen molar-refractivity contribution in [1.29, 1.82) is 0 Å². The minimum Gasteiger partial charge on any atom is -0.438 e. The number of aliphatic hydroxyl groups excluding tert-OH is 1. The lowest BCUT2D eigenvalue weighted by atomic mass is 10.3. The Labute approximate surface area is 132 Å². The molecule has 0 aliphatic heterocycles. The summed E-state index contributed by atoms with van der Waals surface area (Å²) in [5, 5.41) is 20.9. The molecule has 1 aromatic heterocycles. The summed E-state index contributed by atoms with van der Waals surface area (Å²) in [7, 11) is 0. The lowest BCUT2D eigenvalue weighted by molar-refractivity contribution is -0.385. The van der Waals surface area contributed by atoms with Crippen LogP contribution in [-0.4, -0.2) is 10.0 Å². The Morgan fingerprint density at radius 3 is 2.75 bits per heavy atom. The van der Waals surface area contributed by atoms with Crippen LogP contribution in [0.4, 0.5) is 5.69 Å². The van der Waals surface area contributed by atoms with E-state index in [1.165, 1.54) is 13.0 Å². The first-order valence-corrected chi connectivity index (χ1v) is 7.46. The number of hydrogen-bond acceptors (Lipinski definition) is 5. The van der Waals surface area contributed by atoms with Crippen LogP contribution in [0.3, 0.4) is 0 Å². The van der Waals surface area contributed by atoms with Gasteiger partial charge in [0.25, 0.3) is 5.06 Å². The van der Waals surface area contributed by atoms with E-state index in [0.717, 1.165) is 15.8 Å². The highest BCUT2D eigenvalue weighted by Gasteiger charge is 2.23. The molecule has 1 aromatic carbocycles. The fraction of sp³-hybridized carbons (Fsp3) is 0.167. The van der Waals surface area contributed by atoms with Crippen molar-refractivity contribution in [3.63, 3.8) is 0 Å². The molecular weight excluding hydrogens is 370 g/mol. The Kier molecular flexibility index (Phi) is 4.64. The van der Waals surface area contributed by atoms with Gasteiger partial charge in [0, 0.05) is 15.4 Å². The number of ether oxygens (including phenoxy) is 1. The molecule has 0 saturated carbocycles. The molecule has 0 bridgehead atoms. The summed E-state index contributed by atoms with van der Waals surface area (Å²) in [4.78, 5) is 10.9. The third-order valence-corrected chi connectivity index (χ3v) is 4.36. The molecule has 1 N–H and O–H groups in total. The normalized spacial score (nSPS) is 12.2. The number of aliphatic hydroxyl groups is 1. The first kappa shape index (κ1) is 15.2. The average Bonchev–Trinajstić information content (AvgIpc) is 2.77. The summed E-state index contributed by atoms with van der Waals surface area (Å²) in [6.45, 7) is 1.53. The first-order valence-electron chi connectivity index (χ1n) is 5.47. The number of halogens is 2. The number of hydrogen-bond donors (Lipinski definition) is 1. The van der Waals surface area contributed by atoms with Gasteiger partial charge in [0.1, 0.15) is 5.75 Å². The zero-order chi connectivity index (χ0) is 14.9. The van der Waals surface area contributed by atoms with Crippen molar-refractivity contribution >= 4 is 44.6 Å². The van der Waals surface area contributed by atoms with Crippen LogP contribution in [0, 0.1) is 10.1 Å². The minimum absolute atomic E-state index is 0.0927. The van der Waals surface area contributed by atoms with Crippen LogP contribution in [0.15, 0.2) is 28.7 Å². The molecule has 0 spiro atoms. The van der Waals surface area contributed by atoms with Crippen LogP contribution in [0.25, 0.3) is 0 Å². The predicted molar refractivity (Wildman–Crippen MR) is 80.8 cm³/mol. The van der Waals surface area contributed by atoms with Gasteiger partial charge in [-0.3, -0.25) is 10.1 Å². The largest absolute Gasteiger partial charge is 0.438 e. The van der Waals surface area contributed by atoms with Crippen molar-refractivity contribution in [3.8, 4) is 10.8 Å². The maximum absolute atomic E-state index is 11.0. The summed E-state index contributed by atoms with van der Waals surface area (Å²) < 4.78 is 6.28. The molecule has 0 fully saturated rings. The van der Waals surface area contributed by atoms with E-state index in [1.54, 1.807) is 18.2 Å². The van der Waals surface area contributed by atoms with Crippen LogP contribution in [0.5, 0.6) is 10.8 Å². The molecule has 0 aliphatic rings. The van der Waals surface area contributed by atoms with Crippen molar-refractivity contribution in [2.45, 2.75) is 13.0 Å². The van der Waals surface area contributed by atoms with E-state index in [0.29, 0.717) is 15.6 Å². The van der Waals surface area contributed by atoms with Gasteiger partial charge >= 0.3 is 5.69 Å². The first-order chi connectivity index (χ1) is 9.38. The molecule has 2 rings (SSSR count). The molecule has 0 unspecified atom stereocenters. The van der Waals surface area contributed by atoms with Gasteiger partial charge in [-0.15, -0.1) is 0 Å². The van der Waals surface area contributed by atoms with Crippen molar-refractivity contribution in [2.75, 3.05) is 0 Å². The topological polar surface area (TPSA) is 72.6 Å². The average molecular weight is 379 g/mol. The number of thiophene rings is 1. The number of nitro groups is 1. The Hall–Kier alpha value is -1.15. The van der Waals surface area contributed by atoms with Crippen LogP contribution < -0.4 is 4.74 Å². The Morgan fingerprint density at radius 1 is 1.50 bits per heavy atom. The van der Waals surface area contributed by atoms with Gasteiger partial charge in [0.05, 0.1) is 16.0 Å². The molecule has 20 heavy (non-hydrogen) atoms. The zero-order valence-corrected chi connectivity index (χ0v) is 13.3. The number of rotatable bonds is 4. The third-order valence-electron chi connectivity index (χ3n) is 2.40.